The van der Waals surface area contributed by atoms with Gasteiger partial charge in [0.25, 0.3) is 0 Å². The third kappa shape index (κ3) is 26.5. The van der Waals surface area contributed by atoms with Crippen LogP contribution in [0, 0.1) is 0 Å². The molecule has 0 fully saturated rings. The predicted molar refractivity (Wildman–Crippen MR) is 123 cm³/mol. The minimum atomic E-state index is -3.92. The van der Waals surface area contributed by atoms with Crippen molar-refractivity contribution in [1.82, 2.24) is 0 Å². The molecule has 0 radical (unpaired) electrons. The fraction of sp³-hybridized carbons (Fsp3) is 1.00. The lowest BCUT2D eigenvalue weighted by molar-refractivity contribution is 0.0510. The molecule has 0 saturated carbocycles. The summed E-state index contributed by atoms with van der Waals surface area (Å²) in [4.78, 5) is 9.65. The zero-order chi connectivity index (χ0) is 21.5. The van der Waals surface area contributed by atoms with Gasteiger partial charge in [0, 0.05) is 26.4 Å². The third-order valence-electron chi connectivity index (χ3n) is 4.03. The summed E-state index contributed by atoms with van der Waals surface area (Å²) in [6.07, 6.45) is 7.27. The first-order chi connectivity index (χ1) is 14.1. The van der Waals surface area contributed by atoms with Crippen molar-refractivity contribution in [2.75, 3.05) is 66.1 Å². The molecule has 0 atom stereocenters. The van der Waals surface area contributed by atoms with Gasteiger partial charge in [-0.2, -0.15) is 0 Å². The highest BCUT2D eigenvalue weighted by Crippen LogP contribution is 2.43. The number of hydrogen-bond donors (Lipinski definition) is 1. The Bertz CT molecular complexity index is 347. The zero-order valence-corrected chi connectivity index (χ0v) is 19.4. The van der Waals surface area contributed by atoms with Crippen LogP contribution in [-0.4, -0.2) is 88.3 Å². The molecule has 0 aliphatic rings. The van der Waals surface area contributed by atoms with E-state index in [4.69, 9.17) is 28.0 Å². The SMILES string of the molecule is CCOCCOCCCCCCOP(=O)(O)OCCCCCCOCCOCC.[AlH3]. The van der Waals surface area contributed by atoms with Crippen LogP contribution < -0.4 is 0 Å². The van der Waals surface area contributed by atoms with Gasteiger partial charge in [-0.1, -0.05) is 25.7 Å². The maximum atomic E-state index is 11.8. The highest BCUT2D eigenvalue weighted by Gasteiger charge is 2.19. The summed E-state index contributed by atoms with van der Waals surface area (Å²) in [5.41, 5.74) is 0. The summed E-state index contributed by atoms with van der Waals surface area (Å²) in [5.74, 6) is 0. The molecule has 0 aromatic heterocycles. The van der Waals surface area contributed by atoms with Crippen LogP contribution >= 0.6 is 7.82 Å². The van der Waals surface area contributed by atoms with E-state index in [9.17, 15) is 9.46 Å². The van der Waals surface area contributed by atoms with Gasteiger partial charge in [0.15, 0.2) is 17.4 Å². The normalized spacial score (nSPS) is 11.6. The van der Waals surface area contributed by atoms with E-state index in [0.717, 1.165) is 64.6 Å². The Balaban J connectivity index is 0. The average Bonchev–Trinajstić information content (AvgIpc) is 2.70. The second-order valence-corrected chi connectivity index (χ2v) is 8.04. The van der Waals surface area contributed by atoms with Crippen molar-refractivity contribution in [3.8, 4) is 0 Å². The number of unbranched alkanes of at least 4 members (excludes halogenated alkanes) is 6. The summed E-state index contributed by atoms with van der Waals surface area (Å²) >= 11 is 0. The molecule has 0 aliphatic carbocycles. The molecular weight excluding hydrogens is 426 g/mol. The van der Waals surface area contributed by atoms with Crippen molar-refractivity contribution >= 4 is 25.2 Å². The molecule has 0 saturated heterocycles. The summed E-state index contributed by atoms with van der Waals surface area (Å²) in [7, 11) is -3.92. The maximum Gasteiger partial charge on any atom is 0.472 e. The molecule has 0 aromatic carbocycles. The number of rotatable bonds is 24. The Morgan fingerprint density at radius 2 is 0.867 bits per heavy atom. The monoisotopic (exact) mass is 472 g/mol. The van der Waals surface area contributed by atoms with Gasteiger partial charge in [-0.15, -0.1) is 0 Å². The lowest BCUT2D eigenvalue weighted by atomic mass is 10.2. The standard InChI is InChI=1S/C20H43O8P.Al.3H/c1-3-23-17-19-25-13-9-5-7-11-15-27-29(21,22)28-16-12-8-6-10-14-26-20-18-24-4-2;;;;/h3-20H2,1-2H3,(H,21,22);;;;. The fourth-order valence-electron chi connectivity index (χ4n) is 2.45. The van der Waals surface area contributed by atoms with Gasteiger partial charge in [-0.3, -0.25) is 9.05 Å². The molecule has 10 heteroatoms. The first kappa shape index (κ1) is 32.7. The Labute approximate surface area is 194 Å². The Hall–Kier alpha value is 0.482. The van der Waals surface area contributed by atoms with Crippen LogP contribution in [-0.2, 0) is 32.6 Å². The van der Waals surface area contributed by atoms with Crippen molar-refractivity contribution in [2.45, 2.75) is 65.2 Å². The van der Waals surface area contributed by atoms with Crippen molar-refractivity contribution < 1.29 is 37.5 Å². The van der Waals surface area contributed by atoms with Crippen LogP contribution in [0.5, 0.6) is 0 Å². The van der Waals surface area contributed by atoms with Gasteiger partial charge in [0.1, 0.15) is 0 Å². The third-order valence-corrected chi connectivity index (χ3v) is 5.04. The van der Waals surface area contributed by atoms with E-state index in [1.165, 1.54) is 0 Å². The molecule has 0 aromatic rings. The summed E-state index contributed by atoms with van der Waals surface area (Å²) in [6.45, 7) is 9.79. The van der Waals surface area contributed by atoms with Crippen LogP contribution in [0.2, 0.25) is 0 Å². The molecule has 0 rings (SSSR count). The lowest BCUT2D eigenvalue weighted by Gasteiger charge is -2.12. The van der Waals surface area contributed by atoms with Crippen LogP contribution in [0.15, 0.2) is 0 Å². The van der Waals surface area contributed by atoms with E-state index in [-0.39, 0.29) is 30.6 Å². The van der Waals surface area contributed by atoms with E-state index in [1.54, 1.807) is 0 Å². The van der Waals surface area contributed by atoms with E-state index < -0.39 is 7.82 Å². The zero-order valence-electron chi connectivity index (χ0n) is 18.5. The fourth-order valence-corrected chi connectivity index (χ4v) is 3.24. The van der Waals surface area contributed by atoms with E-state index in [2.05, 4.69) is 0 Å². The highest BCUT2D eigenvalue weighted by molar-refractivity contribution is 7.47. The van der Waals surface area contributed by atoms with E-state index in [1.807, 2.05) is 13.8 Å². The molecule has 0 aliphatic heterocycles. The van der Waals surface area contributed by atoms with Gasteiger partial charge in [-0.05, 0) is 39.5 Å². The Kier molecular flexibility index (Phi) is 28.0. The van der Waals surface area contributed by atoms with Crippen LogP contribution in [0.3, 0.4) is 0 Å². The van der Waals surface area contributed by atoms with Gasteiger partial charge in [0.2, 0.25) is 0 Å². The molecule has 0 unspecified atom stereocenters. The number of phosphoric ester groups is 1. The summed E-state index contributed by atoms with van der Waals surface area (Å²) < 4.78 is 43.0. The van der Waals surface area contributed by atoms with Crippen LogP contribution in [0.25, 0.3) is 0 Å². The second kappa shape index (κ2) is 25.7. The molecule has 0 amide bonds. The largest absolute Gasteiger partial charge is 0.472 e. The van der Waals surface area contributed by atoms with E-state index in [0.29, 0.717) is 39.6 Å². The summed E-state index contributed by atoms with van der Waals surface area (Å²) in [5, 5.41) is 0. The van der Waals surface area contributed by atoms with Gasteiger partial charge < -0.3 is 23.8 Å². The molecule has 0 heterocycles. The molecule has 0 bridgehead atoms. The molecule has 30 heavy (non-hydrogen) atoms. The topological polar surface area (TPSA) is 92.7 Å². The number of ether oxygens (including phenoxy) is 4. The maximum absolute atomic E-state index is 11.8. The van der Waals surface area contributed by atoms with Gasteiger partial charge in [-0.25, -0.2) is 4.57 Å². The van der Waals surface area contributed by atoms with Crippen LogP contribution in [0.1, 0.15) is 65.2 Å². The smallest absolute Gasteiger partial charge is 0.379 e. The van der Waals surface area contributed by atoms with Crippen molar-refractivity contribution in [2.24, 2.45) is 0 Å². The minimum Gasteiger partial charge on any atom is -0.379 e. The average molecular weight is 473 g/mol. The molecule has 1 N–H and O–H groups in total. The van der Waals surface area contributed by atoms with Gasteiger partial charge >= 0.3 is 7.82 Å². The lowest BCUT2D eigenvalue weighted by Crippen LogP contribution is -2.05. The first-order valence-corrected chi connectivity index (χ1v) is 12.5. The van der Waals surface area contributed by atoms with Crippen molar-refractivity contribution in [3.63, 3.8) is 0 Å². The van der Waals surface area contributed by atoms with E-state index >= 15 is 0 Å². The molecule has 182 valence electrons. The number of phosphoric acid groups is 1. The van der Waals surface area contributed by atoms with Crippen molar-refractivity contribution in [1.29, 1.82) is 0 Å². The quantitative estimate of drug-likeness (QED) is 0.130. The predicted octanol–water partition coefficient (Wildman–Crippen LogP) is 3.16. The van der Waals surface area contributed by atoms with Crippen LogP contribution in [0.4, 0.5) is 0 Å². The van der Waals surface area contributed by atoms with Gasteiger partial charge in [0.05, 0.1) is 39.6 Å². The second-order valence-electron chi connectivity index (χ2n) is 6.58. The Morgan fingerprint density at radius 1 is 0.533 bits per heavy atom. The molecular formula is C20H46AlO8P. The highest BCUT2D eigenvalue weighted by atomic mass is 31.2. The van der Waals surface area contributed by atoms with Crippen molar-refractivity contribution in [3.05, 3.63) is 0 Å². The first-order valence-electron chi connectivity index (χ1n) is 11.0. The minimum absolute atomic E-state index is 0. The molecule has 0 spiro atoms. The summed E-state index contributed by atoms with van der Waals surface area (Å²) in [6, 6.07) is 0. The number of hydrogen-bond acceptors (Lipinski definition) is 7. The molecule has 8 nitrogen and oxygen atoms in total. The Morgan fingerprint density at radius 3 is 1.23 bits per heavy atom.